The van der Waals surface area contributed by atoms with Crippen LogP contribution in [-0.2, 0) is 19.2 Å². The van der Waals surface area contributed by atoms with Gasteiger partial charge in [0.15, 0.2) is 0 Å². The molecular formula is C35H52N6O6. The number of Topliss-reactive ketones (excluding diaryl/α,β-unsaturated/α-hetero) is 2. The summed E-state index contributed by atoms with van der Waals surface area (Å²) >= 11 is 0. The molecule has 3 aliphatic rings. The predicted octanol–water partition coefficient (Wildman–Crippen LogP) is 3.14. The van der Waals surface area contributed by atoms with Gasteiger partial charge >= 0.3 is 6.03 Å². The topological polar surface area (TPSA) is 181 Å². The Labute approximate surface area is 277 Å². The summed E-state index contributed by atoms with van der Waals surface area (Å²) in [5.74, 6) is -2.82. The maximum Gasteiger partial charge on any atom is 0.316 e. The van der Waals surface area contributed by atoms with Gasteiger partial charge in [-0.3, -0.25) is 29.0 Å². The van der Waals surface area contributed by atoms with Crippen LogP contribution in [-0.4, -0.2) is 75.9 Å². The Balaban J connectivity index is 1.54. The van der Waals surface area contributed by atoms with Gasteiger partial charge in [0.2, 0.25) is 23.4 Å². The third-order valence-corrected chi connectivity index (χ3v) is 10.00. The van der Waals surface area contributed by atoms with E-state index in [1.807, 2.05) is 34.6 Å². The van der Waals surface area contributed by atoms with Crippen molar-refractivity contribution >= 4 is 35.3 Å². The molecule has 2 saturated carbocycles. The van der Waals surface area contributed by atoms with Crippen LogP contribution < -0.4 is 21.7 Å². The largest absolute Gasteiger partial charge is 0.363 e. The summed E-state index contributed by atoms with van der Waals surface area (Å²) in [6.45, 7) is 9.83. The number of aromatic nitrogens is 1. The maximum absolute atomic E-state index is 14.4. The average molecular weight is 653 g/mol. The lowest BCUT2D eigenvalue weighted by molar-refractivity contribution is -0.143. The highest BCUT2D eigenvalue weighted by Crippen LogP contribution is 2.35. The first-order valence-electron chi connectivity index (χ1n) is 17.1. The van der Waals surface area contributed by atoms with Gasteiger partial charge in [0, 0.05) is 12.7 Å². The highest BCUT2D eigenvalue weighted by molar-refractivity contribution is 6.37. The summed E-state index contributed by atoms with van der Waals surface area (Å²) in [5, 5.41) is 8.50. The predicted molar refractivity (Wildman–Crippen MR) is 176 cm³/mol. The summed E-state index contributed by atoms with van der Waals surface area (Å²) in [7, 11) is 0. The summed E-state index contributed by atoms with van der Waals surface area (Å²) in [4.78, 5) is 85.4. The van der Waals surface area contributed by atoms with Gasteiger partial charge in [-0.05, 0) is 66.9 Å². The van der Waals surface area contributed by atoms with E-state index >= 15 is 0 Å². The fourth-order valence-corrected chi connectivity index (χ4v) is 6.86. The van der Waals surface area contributed by atoms with E-state index in [9.17, 15) is 28.8 Å². The van der Waals surface area contributed by atoms with Crippen LogP contribution >= 0.6 is 0 Å². The van der Waals surface area contributed by atoms with Crippen molar-refractivity contribution in [1.29, 1.82) is 0 Å². The first-order valence-corrected chi connectivity index (χ1v) is 17.1. The lowest BCUT2D eigenvalue weighted by Crippen LogP contribution is -2.61. The van der Waals surface area contributed by atoms with E-state index in [-0.39, 0.29) is 35.1 Å². The zero-order valence-corrected chi connectivity index (χ0v) is 28.4. The van der Waals surface area contributed by atoms with Crippen LogP contribution in [0.1, 0.15) is 103 Å². The van der Waals surface area contributed by atoms with E-state index in [1.54, 1.807) is 24.4 Å². The molecule has 2 aliphatic carbocycles. The van der Waals surface area contributed by atoms with Gasteiger partial charge < -0.3 is 26.6 Å². The minimum Gasteiger partial charge on any atom is -0.363 e. The molecule has 0 bridgehead atoms. The van der Waals surface area contributed by atoms with Crippen molar-refractivity contribution in [3.05, 3.63) is 30.1 Å². The first kappa shape index (κ1) is 36.0. The number of amides is 5. The Morgan fingerprint density at radius 3 is 2.17 bits per heavy atom. The van der Waals surface area contributed by atoms with Gasteiger partial charge in [0.05, 0.1) is 12.1 Å². The SMILES string of the molecule is CC(C)[C@@H]1C[C@@H](C(=O)NC(CC2CC2)C(=O)C(N)=O)N(C(=O)[C@@H](NC(=O)N[C@H](C(=O)c2ccccn2)C2CCCCC2)C(C)(C)C)C1. The Kier molecular flexibility index (Phi) is 11.8. The normalized spacial score (nSPS) is 22.2. The van der Waals surface area contributed by atoms with Crippen molar-refractivity contribution in [2.75, 3.05) is 6.54 Å². The molecule has 4 rings (SSSR count). The quantitative estimate of drug-likeness (QED) is 0.187. The zero-order valence-electron chi connectivity index (χ0n) is 28.4. The number of hydrogen-bond donors (Lipinski definition) is 4. The fourth-order valence-electron chi connectivity index (χ4n) is 6.86. The van der Waals surface area contributed by atoms with Crippen LogP contribution in [0.25, 0.3) is 0 Å². The molecule has 1 aromatic heterocycles. The highest BCUT2D eigenvalue weighted by Gasteiger charge is 2.47. The molecule has 3 fully saturated rings. The Morgan fingerprint density at radius 2 is 1.62 bits per heavy atom. The average Bonchev–Trinajstić information content (AvgIpc) is 3.74. The van der Waals surface area contributed by atoms with Crippen LogP contribution in [0.15, 0.2) is 24.4 Å². The molecule has 12 heteroatoms. The Morgan fingerprint density at radius 1 is 0.936 bits per heavy atom. The lowest BCUT2D eigenvalue weighted by Gasteiger charge is -2.36. The van der Waals surface area contributed by atoms with E-state index in [4.69, 9.17) is 5.73 Å². The number of nitrogens with two attached hydrogens (primary N) is 1. The molecular weight excluding hydrogens is 600 g/mol. The molecule has 2 heterocycles. The molecule has 1 unspecified atom stereocenters. The number of hydrogen-bond acceptors (Lipinski definition) is 7. The molecule has 5 atom stereocenters. The smallest absolute Gasteiger partial charge is 0.316 e. The van der Waals surface area contributed by atoms with Crippen molar-refractivity contribution in [3.8, 4) is 0 Å². The van der Waals surface area contributed by atoms with Crippen LogP contribution in [0.5, 0.6) is 0 Å². The minimum atomic E-state index is -1.11. The second-order valence-electron chi connectivity index (χ2n) is 15.1. The summed E-state index contributed by atoms with van der Waals surface area (Å²) < 4.78 is 0. The van der Waals surface area contributed by atoms with Crippen molar-refractivity contribution in [3.63, 3.8) is 0 Å². The number of nitrogens with one attached hydrogen (secondary N) is 3. The van der Waals surface area contributed by atoms with E-state index in [1.165, 1.54) is 4.90 Å². The molecule has 258 valence electrons. The van der Waals surface area contributed by atoms with Gasteiger partial charge in [-0.2, -0.15) is 0 Å². The monoisotopic (exact) mass is 652 g/mol. The first-order chi connectivity index (χ1) is 22.2. The van der Waals surface area contributed by atoms with E-state index in [2.05, 4.69) is 20.9 Å². The van der Waals surface area contributed by atoms with Gasteiger partial charge in [0.25, 0.3) is 5.91 Å². The number of ketones is 2. The van der Waals surface area contributed by atoms with Crippen molar-refractivity contribution in [2.45, 2.75) is 117 Å². The van der Waals surface area contributed by atoms with Gasteiger partial charge in [-0.1, -0.05) is 72.8 Å². The molecule has 47 heavy (non-hydrogen) atoms. The summed E-state index contributed by atoms with van der Waals surface area (Å²) in [6.07, 6.45) is 8.68. The molecule has 0 radical (unpaired) electrons. The number of urea groups is 1. The standard InChI is InChI=1S/C35H52N6O6/c1-20(2)23-18-26(32(45)38-25(17-21-14-15-21)29(43)31(36)44)41(19-23)33(46)30(35(3,4)5)40-34(47)39-27(22-11-7-6-8-12-22)28(42)24-13-9-10-16-37-24/h9-10,13,16,20-23,25-27,30H,6-8,11-12,14-15,17-19H2,1-5H3,(H2,36,44)(H,38,45)(H2,39,40,47)/t23-,25?,26+,27+,30-/m1/s1. The second kappa shape index (κ2) is 15.4. The molecule has 1 aliphatic heterocycles. The number of rotatable bonds is 13. The van der Waals surface area contributed by atoms with E-state index < -0.39 is 59.1 Å². The lowest BCUT2D eigenvalue weighted by atomic mass is 9.81. The Hall–Kier alpha value is -3.83. The number of carbonyl (C=O) groups excluding carboxylic acids is 6. The zero-order chi connectivity index (χ0) is 34.5. The minimum absolute atomic E-state index is 0.00421. The second-order valence-corrected chi connectivity index (χ2v) is 15.1. The number of carbonyl (C=O) groups is 6. The molecule has 1 aromatic rings. The van der Waals surface area contributed by atoms with Gasteiger partial charge in [-0.25, -0.2) is 4.79 Å². The molecule has 0 aromatic carbocycles. The van der Waals surface area contributed by atoms with Gasteiger partial charge in [0.1, 0.15) is 17.8 Å². The van der Waals surface area contributed by atoms with E-state index in [0.29, 0.717) is 19.4 Å². The van der Waals surface area contributed by atoms with Crippen LogP contribution in [0, 0.1) is 29.1 Å². The molecule has 12 nitrogen and oxygen atoms in total. The van der Waals surface area contributed by atoms with Crippen LogP contribution in [0.2, 0.25) is 0 Å². The van der Waals surface area contributed by atoms with Gasteiger partial charge in [-0.15, -0.1) is 0 Å². The number of pyridine rings is 1. The number of primary amides is 1. The number of likely N-dealkylation sites (tertiary alicyclic amines) is 1. The highest BCUT2D eigenvalue weighted by atomic mass is 16.2. The molecule has 1 saturated heterocycles. The summed E-state index contributed by atoms with van der Waals surface area (Å²) in [6, 6.07) is 0.677. The fraction of sp³-hybridized carbons (Fsp3) is 0.686. The molecule has 5 N–H and O–H groups in total. The van der Waals surface area contributed by atoms with E-state index in [0.717, 1.165) is 44.9 Å². The third-order valence-electron chi connectivity index (χ3n) is 10.00. The van der Waals surface area contributed by atoms with Crippen molar-refractivity contribution in [2.24, 2.45) is 34.8 Å². The molecule has 0 spiro atoms. The van der Waals surface area contributed by atoms with Crippen LogP contribution in [0.4, 0.5) is 4.79 Å². The third kappa shape index (κ3) is 9.38. The number of nitrogens with zero attached hydrogens (tertiary/aromatic N) is 2. The van der Waals surface area contributed by atoms with Crippen molar-refractivity contribution < 1.29 is 28.8 Å². The van der Waals surface area contributed by atoms with Crippen LogP contribution in [0.3, 0.4) is 0 Å². The van der Waals surface area contributed by atoms with Crippen molar-refractivity contribution in [1.82, 2.24) is 25.8 Å². The Bertz CT molecular complexity index is 1320. The molecule has 5 amide bonds. The summed E-state index contributed by atoms with van der Waals surface area (Å²) in [5.41, 5.74) is 4.81. The maximum atomic E-state index is 14.4.